The molecular weight excluding hydrogens is 258 g/mol. The van der Waals surface area contributed by atoms with Crippen LogP contribution in [0.3, 0.4) is 0 Å². The molecule has 1 amide bonds. The lowest BCUT2D eigenvalue weighted by atomic mass is 9.43. The molecule has 4 aliphatic rings. The van der Waals surface area contributed by atoms with Crippen LogP contribution in [0.5, 0.6) is 0 Å². The average Bonchev–Trinajstić information content (AvgIpc) is 2.57. The molecule has 5 heteroatoms. The molecular formula is C15H21NO4. The maximum absolute atomic E-state index is 12.2. The molecule has 4 bridgehead atoms. The van der Waals surface area contributed by atoms with Gasteiger partial charge in [0.05, 0.1) is 18.8 Å². The van der Waals surface area contributed by atoms with Crippen molar-refractivity contribution in [2.75, 3.05) is 13.2 Å². The number of aliphatic hydroxyl groups excluding tert-OH is 1. The second-order valence-electron chi connectivity index (χ2n) is 6.60. The van der Waals surface area contributed by atoms with Crippen LogP contribution in [0.25, 0.3) is 0 Å². The van der Waals surface area contributed by atoms with Crippen LogP contribution < -0.4 is 5.73 Å². The first kappa shape index (κ1) is 13.8. The van der Waals surface area contributed by atoms with Gasteiger partial charge >= 0.3 is 0 Å². The molecule has 3 N–H and O–H groups in total. The lowest BCUT2D eigenvalue weighted by Gasteiger charge is -2.59. The van der Waals surface area contributed by atoms with Gasteiger partial charge in [-0.1, -0.05) is 0 Å². The Morgan fingerprint density at radius 2 is 2.25 bits per heavy atom. The molecule has 110 valence electrons. The van der Waals surface area contributed by atoms with Gasteiger partial charge in [0.2, 0.25) is 5.91 Å². The normalized spacial score (nSPS) is 42.2. The smallest absolute Gasteiger partial charge is 0.244 e. The molecule has 0 aromatic rings. The topological polar surface area (TPSA) is 89.6 Å². The summed E-state index contributed by atoms with van der Waals surface area (Å²) < 4.78 is 5.91. The van der Waals surface area contributed by atoms with E-state index in [1.807, 2.05) is 0 Å². The minimum atomic E-state index is -0.558. The Balaban J connectivity index is 1.77. The molecule has 1 aliphatic heterocycles. The van der Waals surface area contributed by atoms with Gasteiger partial charge in [0.15, 0.2) is 5.78 Å². The minimum absolute atomic E-state index is 0.0382. The number of ketones is 1. The van der Waals surface area contributed by atoms with Gasteiger partial charge < -0.3 is 15.6 Å². The quantitative estimate of drug-likeness (QED) is 0.719. The third kappa shape index (κ3) is 1.69. The van der Waals surface area contributed by atoms with Crippen molar-refractivity contribution in [3.8, 4) is 0 Å². The van der Waals surface area contributed by atoms with Gasteiger partial charge in [0.1, 0.15) is 0 Å². The molecule has 3 aliphatic carbocycles. The first-order chi connectivity index (χ1) is 9.43. The van der Waals surface area contributed by atoms with E-state index < -0.39 is 11.5 Å². The number of rotatable bonds is 5. The Morgan fingerprint density at radius 3 is 2.85 bits per heavy atom. The van der Waals surface area contributed by atoms with E-state index in [-0.39, 0.29) is 23.7 Å². The van der Waals surface area contributed by atoms with Crippen LogP contribution in [-0.2, 0) is 14.3 Å². The maximum Gasteiger partial charge on any atom is 0.244 e. The zero-order valence-corrected chi connectivity index (χ0v) is 11.7. The Bertz CT molecular complexity index is 498. The van der Waals surface area contributed by atoms with Crippen molar-refractivity contribution in [2.24, 2.45) is 23.0 Å². The summed E-state index contributed by atoms with van der Waals surface area (Å²) in [6, 6.07) is 0. The van der Waals surface area contributed by atoms with E-state index in [0.29, 0.717) is 24.5 Å². The largest absolute Gasteiger partial charge is 0.393 e. The fourth-order valence-electron chi connectivity index (χ4n) is 4.53. The van der Waals surface area contributed by atoms with E-state index in [2.05, 4.69) is 0 Å². The van der Waals surface area contributed by atoms with Crippen molar-refractivity contribution < 1.29 is 19.4 Å². The fourth-order valence-corrected chi connectivity index (χ4v) is 4.53. The molecule has 0 aromatic carbocycles. The van der Waals surface area contributed by atoms with Crippen molar-refractivity contribution in [2.45, 2.75) is 38.2 Å². The van der Waals surface area contributed by atoms with E-state index >= 15 is 0 Å². The maximum atomic E-state index is 12.2. The lowest BCUT2D eigenvalue weighted by molar-refractivity contribution is -0.147. The summed E-state index contributed by atoms with van der Waals surface area (Å²) >= 11 is 0. The van der Waals surface area contributed by atoms with Gasteiger partial charge in [-0.15, -0.1) is 0 Å². The Morgan fingerprint density at radius 1 is 1.50 bits per heavy atom. The molecule has 0 radical (unpaired) electrons. The van der Waals surface area contributed by atoms with Crippen molar-refractivity contribution >= 4 is 11.7 Å². The molecule has 20 heavy (non-hydrogen) atoms. The fraction of sp³-hybridized carbons (Fsp3) is 0.733. The highest BCUT2D eigenvalue weighted by atomic mass is 16.5. The van der Waals surface area contributed by atoms with Crippen molar-refractivity contribution in [3.05, 3.63) is 11.6 Å². The van der Waals surface area contributed by atoms with Crippen LogP contribution in [0.2, 0.25) is 0 Å². The number of nitrogens with two attached hydrogens (primary N) is 1. The van der Waals surface area contributed by atoms with Crippen LogP contribution in [0, 0.1) is 17.3 Å². The summed E-state index contributed by atoms with van der Waals surface area (Å²) in [5.41, 5.74) is 4.91. The molecule has 0 spiro atoms. The zero-order chi connectivity index (χ0) is 14.5. The number of primary amides is 1. The first-order valence-electron chi connectivity index (χ1n) is 7.19. The van der Waals surface area contributed by atoms with E-state index in [0.717, 1.165) is 19.3 Å². The summed E-state index contributed by atoms with van der Waals surface area (Å²) in [5, 5.41) is 9.65. The van der Waals surface area contributed by atoms with Gasteiger partial charge in [-0.3, -0.25) is 9.59 Å². The molecule has 3 saturated carbocycles. The molecule has 5 nitrogen and oxygen atoms in total. The number of carbonyl (C=O) groups is 2. The van der Waals surface area contributed by atoms with Crippen molar-refractivity contribution in [1.82, 2.24) is 0 Å². The second kappa shape index (κ2) is 4.40. The van der Waals surface area contributed by atoms with Gasteiger partial charge in [-0.25, -0.2) is 0 Å². The van der Waals surface area contributed by atoms with E-state index in [4.69, 9.17) is 10.5 Å². The van der Waals surface area contributed by atoms with Crippen LogP contribution in [-0.4, -0.2) is 35.6 Å². The second-order valence-corrected chi connectivity index (χ2v) is 6.60. The van der Waals surface area contributed by atoms with E-state index in [1.165, 1.54) is 6.08 Å². The summed E-state index contributed by atoms with van der Waals surface area (Å²) in [7, 11) is 0. The number of hydrogen-bond donors (Lipinski definition) is 2. The molecule has 0 unspecified atom stereocenters. The molecule has 0 aromatic heterocycles. The highest BCUT2D eigenvalue weighted by Crippen LogP contribution is 2.69. The molecule has 1 saturated heterocycles. The van der Waals surface area contributed by atoms with E-state index in [1.54, 1.807) is 6.92 Å². The number of aliphatic hydroxyl groups is 1. The first-order valence-corrected chi connectivity index (χ1v) is 7.19. The van der Waals surface area contributed by atoms with Gasteiger partial charge in [0.25, 0.3) is 0 Å². The predicted octanol–water partition coefficient (Wildman–Crippen LogP) is 0.555. The monoisotopic (exact) mass is 279 g/mol. The van der Waals surface area contributed by atoms with Gasteiger partial charge in [-0.05, 0) is 44.1 Å². The summed E-state index contributed by atoms with van der Waals surface area (Å²) in [6.07, 6.45) is 4.71. The SMILES string of the molecule is C/C(=C\C(=O)C[C@]12CO[C@@]3(CO)CC[C@H]1C[C@@H]32)C(N)=O. The van der Waals surface area contributed by atoms with Gasteiger partial charge in [0, 0.05) is 17.4 Å². The Hall–Kier alpha value is -1.20. The summed E-state index contributed by atoms with van der Waals surface area (Å²) in [6.45, 7) is 2.15. The zero-order valence-electron chi connectivity index (χ0n) is 11.7. The number of amides is 1. The highest BCUT2D eigenvalue weighted by molar-refractivity contribution is 6.00. The highest BCUT2D eigenvalue weighted by Gasteiger charge is 2.70. The van der Waals surface area contributed by atoms with Crippen LogP contribution >= 0.6 is 0 Å². The third-order valence-electron chi connectivity index (χ3n) is 5.74. The van der Waals surface area contributed by atoms with Crippen LogP contribution in [0.1, 0.15) is 32.6 Å². The third-order valence-corrected chi connectivity index (χ3v) is 5.74. The summed E-state index contributed by atoms with van der Waals surface area (Å²) in [4.78, 5) is 23.2. The van der Waals surface area contributed by atoms with Gasteiger partial charge in [-0.2, -0.15) is 0 Å². The van der Waals surface area contributed by atoms with Crippen molar-refractivity contribution in [1.29, 1.82) is 0 Å². The summed E-state index contributed by atoms with van der Waals surface area (Å²) in [5.74, 6) is 0.179. The van der Waals surface area contributed by atoms with E-state index in [9.17, 15) is 14.7 Å². The average molecular weight is 279 g/mol. The molecule has 4 fully saturated rings. The predicted molar refractivity (Wildman–Crippen MR) is 71.6 cm³/mol. The number of hydrogen-bond acceptors (Lipinski definition) is 4. The number of fused-ring (bicyclic) bond motifs is 1. The van der Waals surface area contributed by atoms with Crippen LogP contribution in [0.4, 0.5) is 0 Å². The number of allylic oxidation sites excluding steroid dienone is 1. The molecule has 4 rings (SSSR count). The number of carbonyl (C=O) groups excluding carboxylic acids is 2. The molecule has 1 heterocycles. The Labute approximate surface area is 118 Å². The molecule has 4 atom stereocenters. The minimum Gasteiger partial charge on any atom is -0.393 e. The Kier molecular flexibility index (Phi) is 3.03. The van der Waals surface area contributed by atoms with Crippen molar-refractivity contribution in [3.63, 3.8) is 0 Å². The van der Waals surface area contributed by atoms with Crippen LogP contribution in [0.15, 0.2) is 11.6 Å². The lowest BCUT2D eigenvalue weighted by Crippen LogP contribution is -2.60. The standard InChI is InChI=1S/C15H21NO4/c1-9(13(16)19)4-11(18)6-14-8-20-15(7-17)3-2-10(14)5-12(14)15/h4,10,12,17H,2-3,5-8H2,1H3,(H2,16,19)/b9-4+/t10-,12+,14-,15+/m0/s1. The number of ether oxygens (including phenoxy) is 1.